The van der Waals surface area contributed by atoms with E-state index < -0.39 is 16.1 Å². The third-order valence-electron chi connectivity index (χ3n) is 6.21. The van der Waals surface area contributed by atoms with Crippen LogP contribution in [-0.4, -0.2) is 49.8 Å². The van der Waals surface area contributed by atoms with Crippen LogP contribution in [-0.2, 0) is 19.6 Å². The Balaban J connectivity index is 1.53. The Morgan fingerprint density at radius 3 is 2.55 bits per heavy atom. The lowest BCUT2D eigenvalue weighted by Gasteiger charge is -2.28. The minimum atomic E-state index is -4.02. The lowest BCUT2D eigenvalue weighted by atomic mass is 9.96. The van der Waals surface area contributed by atoms with Gasteiger partial charge in [0.1, 0.15) is 16.7 Å². The van der Waals surface area contributed by atoms with Gasteiger partial charge in [-0.05, 0) is 31.7 Å². The molecule has 31 heavy (non-hydrogen) atoms. The average molecular weight is 470 g/mol. The number of nitrogens with one attached hydrogen (secondary N) is 2. The smallest absolute Gasteiger partial charge is 0.262 e. The molecule has 0 radical (unpaired) electrons. The predicted molar refractivity (Wildman–Crippen MR) is 117 cm³/mol. The van der Waals surface area contributed by atoms with Gasteiger partial charge >= 0.3 is 0 Å². The first-order chi connectivity index (χ1) is 14.9. The minimum Gasteiger partial charge on any atom is -0.482 e. The molecule has 8 nitrogen and oxygen atoms in total. The van der Waals surface area contributed by atoms with Gasteiger partial charge in [-0.1, -0.05) is 43.7 Å². The molecule has 0 bridgehead atoms. The fourth-order valence-electron chi connectivity index (χ4n) is 4.59. The van der Waals surface area contributed by atoms with Gasteiger partial charge in [0.25, 0.3) is 5.91 Å². The summed E-state index contributed by atoms with van der Waals surface area (Å²) >= 11 is 6.28. The van der Waals surface area contributed by atoms with Gasteiger partial charge in [0.15, 0.2) is 6.61 Å². The largest absolute Gasteiger partial charge is 0.482 e. The van der Waals surface area contributed by atoms with Gasteiger partial charge in [-0.3, -0.25) is 9.59 Å². The van der Waals surface area contributed by atoms with Crippen LogP contribution in [0.4, 0.5) is 5.69 Å². The van der Waals surface area contributed by atoms with Crippen LogP contribution in [0.25, 0.3) is 0 Å². The van der Waals surface area contributed by atoms with Crippen LogP contribution in [0.1, 0.15) is 57.8 Å². The molecule has 1 aliphatic carbocycles. The van der Waals surface area contributed by atoms with Crippen molar-refractivity contribution in [3.63, 3.8) is 0 Å². The molecule has 10 heteroatoms. The molecule has 1 aromatic carbocycles. The maximum atomic E-state index is 13.4. The first kappa shape index (κ1) is 22.4. The second kappa shape index (κ2) is 9.34. The van der Waals surface area contributed by atoms with Crippen molar-refractivity contribution < 1.29 is 22.7 Å². The fraction of sp³-hybridized carbons (Fsp3) is 0.619. The highest BCUT2D eigenvalue weighted by Crippen LogP contribution is 2.38. The zero-order valence-electron chi connectivity index (χ0n) is 17.4. The second-order valence-corrected chi connectivity index (χ2v) is 10.7. The number of sulfonamides is 1. The van der Waals surface area contributed by atoms with Crippen LogP contribution in [0.15, 0.2) is 17.0 Å². The van der Waals surface area contributed by atoms with Crippen molar-refractivity contribution in [2.24, 2.45) is 0 Å². The lowest BCUT2D eigenvalue weighted by Crippen LogP contribution is -2.48. The van der Waals surface area contributed by atoms with Crippen molar-refractivity contribution in [2.75, 3.05) is 18.5 Å². The summed E-state index contributed by atoms with van der Waals surface area (Å²) in [4.78, 5) is 24.4. The van der Waals surface area contributed by atoms with E-state index in [1.807, 2.05) is 0 Å². The lowest BCUT2D eigenvalue weighted by molar-refractivity contribution is -0.125. The Bertz CT molecular complexity index is 960. The molecular weight excluding hydrogens is 442 g/mol. The summed E-state index contributed by atoms with van der Waals surface area (Å²) in [7, 11) is -4.02. The third-order valence-corrected chi connectivity index (χ3v) is 8.58. The molecule has 2 aliphatic heterocycles. The van der Waals surface area contributed by atoms with Crippen LogP contribution in [0.5, 0.6) is 5.75 Å². The fourth-order valence-corrected chi connectivity index (χ4v) is 6.77. The normalized spacial score (nSPS) is 23.3. The zero-order valence-corrected chi connectivity index (χ0v) is 18.9. The molecule has 2 fully saturated rings. The number of hydrogen-bond acceptors (Lipinski definition) is 5. The van der Waals surface area contributed by atoms with E-state index in [4.69, 9.17) is 16.3 Å². The number of hydrogen-bond donors (Lipinski definition) is 2. The van der Waals surface area contributed by atoms with E-state index in [0.29, 0.717) is 18.5 Å². The Morgan fingerprint density at radius 1 is 1.10 bits per heavy atom. The maximum Gasteiger partial charge on any atom is 0.262 e. The monoisotopic (exact) mass is 469 g/mol. The van der Waals surface area contributed by atoms with Crippen molar-refractivity contribution in [3.8, 4) is 5.75 Å². The molecule has 1 unspecified atom stereocenters. The first-order valence-electron chi connectivity index (χ1n) is 10.9. The van der Waals surface area contributed by atoms with Crippen molar-refractivity contribution in [1.29, 1.82) is 0 Å². The number of fused-ring (bicyclic) bond motifs is 1. The van der Waals surface area contributed by atoms with Gasteiger partial charge in [0, 0.05) is 18.7 Å². The second-order valence-electron chi connectivity index (χ2n) is 8.44. The number of amides is 2. The minimum absolute atomic E-state index is 0.0179. The molecular formula is C21H28ClN3O5S. The van der Waals surface area contributed by atoms with Crippen LogP contribution >= 0.6 is 11.6 Å². The molecule has 2 N–H and O–H groups in total. The highest BCUT2D eigenvalue weighted by Gasteiger charge is 2.41. The van der Waals surface area contributed by atoms with Crippen molar-refractivity contribution >= 4 is 39.1 Å². The Labute approximate surface area is 187 Å². The number of halogens is 1. The van der Waals surface area contributed by atoms with Gasteiger partial charge in [-0.15, -0.1) is 0 Å². The summed E-state index contributed by atoms with van der Waals surface area (Å²) in [6.45, 7) is 0.0698. The van der Waals surface area contributed by atoms with E-state index in [1.165, 1.54) is 35.7 Å². The van der Waals surface area contributed by atoms with Crippen LogP contribution < -0.4 is 15.4 Å². The van der Waals surface area contributed by atoms with Crippen molar-refractivity contribution in [2.45, 2.75) is 74.8 Å². The Hall–Kier alpha value is -1.84. The third kappa shape index (κ3) is 4.83. The molecule has 170 valence electrons. The molecule has 1 atom stereocenters. The number of ether oxygens (including phenoxy) is 1. The van der Waals surface area contributed by atoms with Gasteiger partial charge in [-0.2, -0.15) is 4.31 Å². The summed E-state index contributed by atoms with van der Waals surface area (Å²) in [5, 5.41) is 5.69. The van der Waals surface area contributed by atoms with Crippen molar-refractivity contribution in [3.05, 3.63) is 17.2 Å². The summed E-state index contributed by atoms with van der Waals surface area (Å²) in [6, 6.07) is 2.06. The molecule has 4 rings (SSSR count). The predicted octanol–water partition coefficient (Wildman–Crippen LogP) is 3.05. The highest BCUT2D eigenvalue weighted by molar-refractivity contribution is 7.89. The number of carbonyl (C=O) groups excluding carboxylic acids is 2. The highest BCUT2D eigenvalue weighted by atomic mass is 35.5. The molecule has 3 aliphatic rings. The summed E-state index contributed by atoms with van der Waals surface area (Å²) in [5.74, 6) is -0.314. The average Bonchev–Trinajstić information content (AvgIpc) is 3.20. The molecule has 0 spiro atoms. The number of rotatable bonds is 4. The summed E-state index contributed by atoms with van der Waals surface area (Å²) in [6.07, 6.45) is 8.72. The molecule has 1 saturated heterocycles. The van der Waals surface area contributed by atoms with Crippen LogP contribution in [0.3, 0.4) is 0 Å². The molecule has 2 amide bonds. The molecule has 2 heterocycles. The standard InChI is InChI=1S/C21H28ClN3O5S/c22-15-11-16-18(30-13-20(26)24-16)12-19(15)31(28,29)25-10-6-9-17(25)21(27)23-14-7-4-2-1-3-5-8-14/h11-12,14,17H,1-10,13H2,(H,23,27)(H,24,26). The number of nitrogens with zero attached hydrogens (tertiary/aromatic N) is 1. The van der Waals surface area contributed by atoms with E-state index in [1.54, 1.807) is 0 Å². The molecule has 1 saturated carbocycles. The first-order valence-corrected chi connectivity index (χ1v) is 12.8. The van der Waals surface area contributed by atoms with Crippen LogP contribution in [0.2, 0.25) is 5.02 Å². The molecule has 0 aromatic heterocycles. The van der Waals surface area contributed by atoms with Gasteiger partial charge in [-0.25, -0.2) is 8.42 Å². The Morgan fingerprint density at radius 2 is 1.81 bits per heavy atom. The van der Waals surface area contributed by atoms with E-state index in [-0.39, 0.29) is 46.7 Å². The van der Waals surface area contributed by atoms with E-state index >= 15 is 0 Å². The summed E-state index contributed by atoms with van der Waals surface area (Å²) < 4.78 is 33.5. The number of anilines is 1. The zero-order chi connectivity index (χ0) is 22.0. The Kier molecular flexibility index (Phi) is 6.74. The number of benzene rings is 1. The SMILES string of the molecule is O=C1COc2cc(S(=O)(=O)N3CCCC3C(=O)NC3CCCCCCC3)c(Cl)cc2N1. The van der Waals surface area contributed by atoms with Crippen LogP contribution in [0, 0.1) is 0 Å². The molecule has 1 aromatic rings. The number of carbonyl (C=O) groups is 2. The summed E-state index contributed by atoms with van der Waals surface area (Å²) in [5.41, 5.74) is 0.334. The quantitative estimate of drug-likeness (QED) is 0.705. The van der Waals surface area contributed by atoms with E-state index in [9.17, 15) is 18.0 Å². The topological polar surface area (TPSA) is 105 Å². The van der Waals surface area contributed by atoms with E-state index in [2.05, 4.69) is 10.6 Å². The van der Waals surface area contributed by atoms with E-state index in [0.717, 1.165) is 25.7 Å². The van der Waals surface area contributed by atoms with Gasteiger partial charge < -0.3 is 15.4 Å². The van der Waals surface area contributed by atoms with Crippen molar-refractivity contribution in [1.82, 2.24) is 9.62 Å². The maximum absolute atomic E-state index is 13.4. The van der Waals surface area contributed by atoms with Gasteiger partial charge in [0.05, 0.1) is 10.7 Å². The van der Waals surface area contributed by atoms with Gasteiger partial charge in [0.2, 0.25) is 15.9 Å².